The quantitative estimate of drug-likeness (QED) is 0.692. The molecule has 0 saturated carbocycles. The van der Waals surface area contributed by atoms with Crippen LogP contribution in [0.25, 0.3) is 0 Å². The zero-order valence-electron chi connectivity index (χ0n) is 16.5. The van der Waals surface area contributed by atoms with Crippen LogP contribution in [-0.2, 0) is 24.4 Å². The molecule has 0 amide bonds. The molecule has 8 heteroatoms. The molecule has 4 heterocycles. The number of fused-ring (bicyclic) bond motifs is 3. The third kappa shape index (κ3) is 3.90. The molecule has 1 aromatic heterocycles. The van der Waals surface area contributed by atoms with Gasteiger partial charge in [-0.25, -0.2) is 13.9 Å². The van der Waals surface area contributed by atoms with E-state index in [-0.39, 0.29) is 17.6 Å². The number of halogens is 1. The van der Waals surface area contributed by atoms with Crippen molar-refractivity contribution in [2.45, 2.75) is 75.1 Å². The van der Waals surface area contributed by atoms with Gasteiger partial charge in [-0.05, 0) is 38.2 Å². The highest BCUT2D eigenvalue weighted by atomic mass is 32.2. The summed E-state index contributed by atoms with van der Waals surface area (Å²) in [5.74, 6) is 0.766. The smallest absolute Gasteiger partial charge is 0.346 e. The SMILES string of the molecule is O=c1n(CCCN2C3CCC2CC(OCc2ccccc2F)C3)nc2n1CCS2. The van der Waals surface area contributed by atoms with E-state index < -0.39 is 0 Å². The minimum atomic E-state index is -0.188. The molecule has 156 valence electrons. The third-order valence-electron chi connectivity index (χ3n) is 6.49. The van der Waals surface area contributed by atoms with E-state index in [0.29, 0.717) is 30.8 Å². The Morgan fingerprint density at radius 2 is 1.97 bits per heavy atom. The van der Waals surface area contributed by atoms with Crippen LogP contribution in [0, 0.1) is 5.82 Å². The van der Waals surface area contributed by atoms with Crippen LogP contribution < -0.4 is 5.69 Å². The number of piperidine rings is 1. The Kier molecular flexibility index (Phi) is 5.49. The predicted octanol–water partition coefficient (Wildman–Crippen LogP) is 2.89. The molecule has 2 bridgehead atoms. The molecule has 2 saturated heterocycles. The first-order valence-corrected chi connectivity index (χ1v) is 11.6. The Balaban J connectivity index is 1.12. The standard InChI is InChI=1S/C21H27FN4O2S/c22-19-5-2-1-4-15(19)14-28-18-12-16-6-7-17(13-18)24(16)8-3-9-26-21(27)25-10-11-29-20(25)23-26/h1-2,4-5,16-18H,3,6-14H2. The molecule has 3 aliphatic rings. The summed E-state index contributed by atoms with van der Waals surface area (Å²) in [5, 5.41) is 5.32. The number of thioether (sulfide) groups is 1. The molecule has 6 nitrogen and oxygen atoms in total. The first-order chi connectivity index (χ1) is 14.2. The van der Waals surface area contributed by atoms with Crippen LogP contribution in [0.5, 0.6) is 0 Å². The highest BCUT2D eigenvalue weighted by molar-refractivity contribution is 7.99. The highest BCUT2D eigenvalue weighted by Crippen LogP contribution is 2.37. The maximum atomic E-state index is 13.8. The Bertz CT molecular complexity index is 916. The summed E-state index contributed by atoms with van der Waals surface area (Å²) in [7, 11) is 0. The lowest BCUT2D eigenvalue weighted by Gasteiger charge is -2.38. The number of hydrogen-bond donors (Lipinski definition) is 0. The summed E-state index contributed by atoms with van der Waals surface area (Å²) in [6.07, 6.45) is 5.59. The van der Waals surface area contributed by atoms with Crippen LogP contribution in [0.2, 0.25) is 0 Å². The van der Waals surface area contributed by atoms with Crippen molar-refractivity contribution in [2.75, 3.05) is 12.3 Å². The second kappa shape index (κ2) is 8.24. The largest absolute Gasteiger partial charge is 0.373 e. The van der Waals surface area contributed by atoms with Crippen LogP contribution >= 0.6 is 11.8 Å². The zero-order valence-corrected chi connectivity index (χ0v) is 17.3. The van der Waals surface area contributed by atoms with E-state index in [1.807, 2.05) is 6.07 Å². The minimum Gasteiger partial charge on any atom is -0.373 e. The molecule has 2 unspecified atom stereocenters. The van der Waals surface area contributed by atoms with Gasteiger partial charge in [0.15, 0.2) is 5.16 Å². The third-order valence-corrected chi connectivity index (χ3v) is 7.44. The number of nitrogens with zero attached hydrogens (tertiary/aromatic N) is 4. The van der Waals surface area contributed by atoms with Crippen molar-refractivity contribution in [3.8, 4) is 0 Å². The van der Waals surface area contributed by atoms with Gasteiger partial charge in [-0.15, -0.1) is 5.10 Å². The molecule has 5 rings (SSSR count). The monoisotopic (exact) mass is 418 g/mol. The van der Waals surface area contributed by atoms with Crippen LogP contribution in [-0.4, -0.2) is 49.7 Å². The number of ether oxygens (including phenoxy) is 1. The second-order valence-corrected chi connectivity index (χ2v) is 9.32. The molecule has 3 aliphatic heterocycles. The summed E-state index contributed by atoms with van der Waals surface area (Å²) >= 11 is 1.66. The van der Waals surface area contributed by atoms with Gasteiger partial charge in [0.1, 0.15) is 5.82 Å². The van der Waals surface area contributed by atoms with Crippen molar-refractivity contribution in [1.82, 2.24) is 19.2 Å². The van der Waals surface area contributed by atoms with E-state index in [2.05, 4.69) is 10.00 Å². The van der Waals surface area contributed by atoms with Gasteiger partial charge in [0.25, 0.3) is 0 Å². The molecular weight excluding hydrogens is 391 g/mol. The van der Waals surface area contributed by atoms with E-state index >= 15 is 0 Å². The van der Waals surface area contributed by atoms with E-state index in [1.165, 1.54) is 18.9 Å². The highest BCUT2D eigenvalue weighted by Gasteiger charge is 2.40. The Morgan fingerprint density at radius 3 is 2.72 bits per heavy atom. The number of rotatable bonds is 7. The van der Waals surface area contributed by atoms with Crippen molar-refractivity contribution in [1.29, 1.82) is 0 Å². The topological polar surface area (TPSA) is 52.3 Å². The van der Waals surface area contributed by atoms with Crippen molar-refractivity contribution >= 4 is 11.8 Å². The van der Waals surface area contributed by atoms with Crippen LogP contribution in [0.4, 0.5) is 4.39 Å². The fraction of sp³-hybridized carbons (Fsp3) is 0.619. The van der Waals surface area contributed by atoms with Gasteiger partial charge in [0.2, 0.25) is 0 Å². The lowest BCUT2D eigenvalue weighted by Crippen LogP contribution is -2.46. The summed E-state index contributed by atoms with van der Waals surface area (Å²) in [4.78, 5) is 14.9. The lowest BCUT2D eigenvalue weighted by atomic mass is 9.99. The van der Waals surface area contributed by atoms with Crippen LogP contribution in [0.1, 0.15) is 37.7 Å². The van der Waals surface area contributed by atoms with Gasteiger partial charge in [-0.1, -0.05) is 30.0 Å². The van der Waals surface area contributed by atoms with Crippen LogP contribution in [0.3, 0.4) is 0 Å². The van der Waals surface area contributed by atoms with Gasteiger partial charge in [0, 0.05) is 43.0 Å². The molecular formula is C21H27FN4O2S. The number of benzene rings is 1. The van der Waals surface area contributed by atoms with E-state index in [0.717, 1.165) is 43.3 Å². The number of hydrogen-bond acceptors (Lipinski definition) is 5. The Morgan fingerprint density at radius 1 is 1.17 bits per heavy atom. The van der Waals surface area contributed by atoms with E-state index in [9.17, 15) is 9.18 Å². The van der Waals surface area contributed by atoms with Gasteiger partial charge in [0.05, 0.1) is 12.7 Å². The van der Waals surface area contributed by atoms with Gasteiger partial charge in [-0.3, -0.25) is 9.47 Å². The number of aryl methyl sites for hydroxylation is 1. The molecule has 0 spiro atoms. The fourth-order valence-corrected chi connectivity index (χ4v) is 5.98. The number of aromatic nitrogens is 3. The summed E-state index contributed by atoms with van der Waals surface area (Å²) in [6.45, 7) is 2.81. The zero-order chi connectivity index (χ0) is 19.8. The Hall–Kier alpha value is -1.64. The van der Waals surface area contributed by atoms with E-state index in [1.54, 1.807) is 33.1 Å². The van der Waals surface area contributed by atoms with Crippen LogP contribution in [0.15, 0.2) is 34.2 Å². The van der Waals surface area contributed by atoms with Gasteiger partial charge in [-0.2, -0.15) is 0 Å². The van der Waals surface area contributed by atoms with Gasteiger partial charge < -0.3 is 4.74 Å². The van der Waals surface area contributed by atoms with Gasteiger partial charge >= 0.3 is 5.69 Å². The molecule has 0 radical (unpaired) electrons. The van der Waals surface area contributed by atoms with E-state index in [4.69, 9.17) is 4.74 Å². The maximum absolute atomic E-state index is 13.8. The van der Waals surface area contributed by atoms with Crippen molar-refractivity contribution in [2.24, 2.45) is 0 Å². The molecule has 2 fully saturated rings. The molecule has 0 N–H and O–H groups in total. The van der Waals surface area contributed by atoms with Crippen molar-refractivity contribution in [3.05, 3.63) is 46.1 Å². The predicted molar refractivity (Wildman–Crippen MR) is 110 cm³/mol. The minimum absolute atomic E-state index is 0.0354. The van der Waals surface area contributed by atoms with Crippen molar-refractivity contribution in [3.63, 3.8) is 0 Å². The molecule has 2 aromatic rings. The molecule has 0 aliphatic carbocycles. The van der Waals surface area contributed by atoms with Crippen molar-refractivity contribution < 1.29 is 9.13 Å². The first kappa shape index (κ1) is 19.3. The average Bonchev–Trinajstić information content (AvgIpc) is 3.36. The molecule has 2 atom stereocenters. The normalized spacial score (nSPS) is 26.2. The summed E-state index contributed by atoms with van der Waals surface area (Å²) < 4.78 is 23.3. The first-order valence-electron chi connectivity index (χ1n) is 10.6. The Labute approximate surface area is 174 Å². The summed E-state index contributed by atoms with van der Waals surface area (Å²) in [5.41, 5.74) is 0.672. The summed E-state index contributed by atoms with van der Waals surface area (Å²) in [6, 6.07) is 7.93. The molecule has 29 heavy (non-hydrogen) atoms. The maximum Gasteiger partial charge on any atom is 0.346 e. The average molecular weight is 419 g/mol. The second-order valence-electron chi connectivity index (χ2n) is 8.26. The lowest BCUT2D eigenvalue weighted by molar-refractivity contribution is -0.0293. The fourth-order valence-electron chi connectivity index (χ4n) is 5.04. The molecule has 1 aromatic carbocycles.